The molecule has 0 radical (unpaired) electrons. The first-order valence-corrected chi connectivity index (χ1v) is 7.27. The lowest BCUT2D eigenvalue weighted by atomic mass is 10.0. The van der Waals surface area contributed by atoms with Gasteiger partial charge in [0.1, 0.15) is 11.5 Å². The second-order valence-corrected chi connectivity index (χ2v) is 4.78. The minimum atomic E-state index is -0.799. The Balaban J connectivity index is 2.06. The molecular weight excluding hydrogens is 296 g/mol. The highest BCUT2D eigenvalue weighted by molar-refractivity contribution is 6.09. The molecule has 0 N–H and O–H groups in total. The summed E-state index contributed by atoms with van der Waals surface area (Å²) in [7, 11) is 1.23. The van der Waals surface area contributed by atoms with E-state index in [1.807, 2.05) is 6.92 Å². The number of methoxy groups -OCH3 is 1. The van der Waals surface area contributed by atoms with E-state index in [-0.39, 0.29) is 5.78 Å². The van der Waals surface area contributed by atoms with Crippen molar-refractivity contribution in [2.24, 2.45) is 0 Å². The van der Waals surface area contributed by atoms with Gasteiger partial charge in [-0.3, -0.25) is 4.79 Å². The summed E-state index contributed by atoms with van der Waals surface area (Å²) in [5, 5.41) is 0. The average Bonchev–Trinajstić information content (AvgIpc) is 2.60. The van der Waals surface area contributed by atoms with E-state index in [1.54, 1.807) is 48.5 Å². The van der Waals surface area contributed by atoms with Crippen LogP contribution in [0.4, 0.5) is 4.79 Å². The predicted octanol–water partition coefficient (Wildman–Crippen LogP) is 3.85. The largest absolute Gasteiger partial charge is 0.513 e. The van der Waals surface area contributed by atoms with Crippen LogP contribution in [-0.4, -0.2) is 25.7 Å². The summed E-state index contributed by atoms with van der Waals surface area (Å²) in [5.41, 5.74) is 1.07. The summed E-state index contributed by atoms with van der Waals surface area (Å²) in [6, 6.07) is 13.3. The van der Waals surface area contributed by atoms with Crippen molar-refractivity contribution in [1.82, 2.24) is 0 Å². The molecule has 0 saturated heterocycles. The van der Waals surface area contributed by atoms with E-state index in [9.17, 15) is 9.59 Å². The molecular formula is C18H18O5. The summed E-state index contributed by atoms with van der Waals surface area (Å²) in [6.07, 6.45) is 0.132. The van der Waals surface area contributed by atoms with Gasteiger partial charge in [-0.15, -0.1) is 0 Å². The quantitative estimate of drug-likeness (QED) is 0.460. The zero-order valence-corrected chi connectivity index (χ0v) is 13.1. The first-order chi connectivity index (χ1) is 11.1. The van der Waals surface area contributed by atoms with Crippen molar-refractivity contribution >= 4 is 11.9 Å². The summed E-state index contributed by atoms with van der Waals surface area (Å²) in [6.45, 7) is 2.68. The molecule has 23 heavy (non-hydrogen) atoms. The first kappa shape index (κ1) is 16.5. The number of benzene rings is 2. The molecule has 5 heteroatoms. The number of carbonyl (C=O) groups excluding carboxylic acids is 2. The monoisotopic (exact) mass is 314 g/mol. The second-order valence-electron chi connectivity index (χ2n) is 4.78. The van der Waals surface area contributed by atoms with Gasteiger partial charge in [0, 0.05) is 11.1 Å². The van der Waals surface area contributed by atoms with Crippen LogP contribution in [0.1, 0.15) is 29.3 Å². The summed E-state index contributed by atoms with van der Waals surface area (Å²) in [4.78, 5) is 23.4. The normalized spacial score (nSPS) is 10.0. The van der Waals surface area contributed by atoms with Gasteiger partial charge >= 0.3 is 6.16 Å². The van der Waals surface area contributed by atoms with Gasteiger partial charge in [0.15, 0.2) is 5.78 Å². The molecule has 0 amide bonds. The van der Waals surface area contributed by atoms with Gasteiger partial charge in [0.2, 0.25) is 0 Å². The summed E-state index contributed by atoms with van der Waals surface area (Å²) in [5.74, 6) is 0.943. The minimum Gasteiger partial charge on any atom is -0.494 e. The first-order valence-electron chi connectivity index (χ1n) is 7.27. The lowest BCUT2D eigenvalue weighted by Crippen LogP contribution is -2.07. The highest BCUT2D eigenvalue weighted by Crippen LogP contribution is 2.18. The summed E-state index contributed by atoms with van der Waals surface area (Å²) < 4.78 is 14.8. The molecule has 0 unspecified atom stereocenters. The van der Waals surface area contributed by atoms with Crippen LogP contribution in [0.3, 0.4) is 0 Å². The average molecular weight is 314 g/mol. The molecule has 0 atom stereocenters. The molecule has 0 aliphatic carbocycles. The van der Waals surface area contributed by atoms with Gasteiger partial charge in [0.25, 0.3) is 0 Å². The Labute approximate surface area is 134 Å². The molecule has 0 aliphatic heterocycles. The fraction of sp³-hybridized carbons (Fsp3) is 0.222. The molecule has 0 aromatic heterocycles. The topological polar surface area (TPSA) is 61.8 Å². The standard InChI is InChI=1S/C18H18O5/c1-3-12-22-15-8-4-13(5-9-15)17(19)14-6-10-16(11-7-14)23-18(20)21-2/h4-11H,3,12H2,1-2H3. The van der Waals surface area contributed by atoms with Crippen LogP contribution in [-0.2, 0) is 4.74 Å². The third kappa shape index (κ3) is 4.57. The van der Waals surface area contributed by atoms with Gasteiger partial charge < -0.3 is 14.2 Å². The van der Waals surface area contributed by atoms with Gasteiger partial charge in [0.05, 0.1) is 13.7 Å². The van der Waals surface area contributed by atoms with Crippen molar-refractivity contribution in [2.45, 2.75) is 13.3 Å². The van der Waals surface area contributed by atoms with E-state index >= 15 is 0 Å². The molecule has 0 heterocycles. The third-order valence-corrected chi connectivity index (χ3v) is 3.07. The molecule has 2 aromatic rings. The zero-order chi connectivity index (χ0) is 16.7. The molecule has 2 aromatic carbocycles. The number of rotatable bonds is 6. The fourth-order valence-corrected chi connectivity index (χ4v) is 1.90. The Morgan fingerprint density at radius 2 is 1.39 bits per heavy atom. The Morgan fingerprint density at radius 1 is 0.870 bits per heavy atom. The van der Waals surface area contributed by atoms with Crippen molar-refractivity contribution < 1.29 is 23.8 Å². The highest BCUT2D eigenvalue weighted by atomic mass is 16.7. The van der Waals surface area contributed by atoms with Gasteiger partial charge in [-0.2, -0.15) is 0 Å². The number of ether oxygens (including phenoxy) is 3. The molecule has 120 valence electrons. The predicted molar refractivity (Wildman–Crippen MR) is 85.1 cm³/mol. The molecule has 0 saturated carbocycles. The van der Waals surface area contributed by atoms with E-state index in [0.29, 0.717) is 23.5 Å². The Morgan fingerprint density at radius 3 is 1.87 bits per heavy atom. The molecule has 0 bridgehead atoms. The molecule has 5 nitrogen and oxygen atoms in total. The van der Waals surface area contributed by atoms with Crippen LogP contribution in [0.5, 0.6) is 11.5 Å². The highest BCUT2D eigenvalue weighted by Gasteiger charge is 2.10. The van der Waals surface area contributed by atoms with Gasteiger partial charge in [-0.25, -0.2) is 4.79 Å². The smallest absolute Gasteiger partial charge is 0.494 e. The van der Waals surface area contributed by atoms with Crippen molar-refractivity contribution in [2.75, 3.05) is 13.7 Å². The molecule has 0 spiro atoms. The van der Waals surface area contributed by atoms with E-state index in [4.69, 9.17) is 9.47 Å². The van der Waals surface area contributed by atoms with E-state index in [0.717, 1.165) is 12.2 Å². The van der Waals surface area contributed by atoms with Crippen molar-refractivity contribution in [3.63, 3.8) is 0 Å². The van der Waals surface area contributed by atoms with Crippen LogP contribution in [0.2, 0.25) is 0 Å². The second kappa shape index (κ2) is 7.98. The third-order valence-electron chi connectivity index (χ3n) is 3.07. The number of hydrogen-bond acceptors (Lipinski definition) is 5. The number of carbonyl (C=O) groups is 2. The van der Waals surface area contributed by atoms with Crippen LogP contribution in [0.25, 0.3) is 0 Å². The van der Waals surface area contributed by atoms with Crippen molar-refractivity contribution in [3.05, 3.63) is 59.7 Å². The Kier molecular flexibility index (Phi) is 5.74. The van der Waals surface area contributed by atoms with Crippen molar-refractivity contribution in [3.8, 4) is 11.5 Å². The Hall–Kier alpha value is -2.82. The van der Waals surface area contributed by atoms with E-state index in [1.165, 1.54) is 7.11 Å². The van der Waals surface area contributed by atoms with Crippen LogP contribution >= 0.6 is 0 Å². The molecule has 0 fully saturated rings. The van der Waals surface area contributed by atoms with Crippen LogP contribution in [0.15, 0.2) is 48.5 Å². The van der Waals surface area contributed by atoms with E-state index in [2.05, 4.69) is 4.74 Å². The number of hydrogen-bond donors (Lipinski definition) is 0. The number of ketones is 1. The lowest BCUT2D eigenvalue weighted by molar-refractivity contribution is 0.103. The zero-order valence-electron chi connectivity index (χ0n) is 13.1. The van der Waals surface area contributed by atoms with Gasteiger partial charge in [-0.1, -0.05) is 6.92 Å². The minimum absolute atomic E-state index is 0.114. The lowest BCUT2D eigenvalue weighted by Gasteiger charge is -2.06. The maximum absolute atomic E-state index is 12.4. The van der Waals surface area contributed by atoms with E-state index < -0.39 is 6.16 Å². The van der Waals surface area contributed by atoms with Gasteiger partial charge in [-0.05, 0) is 55.0 Å². The maximum Gasteiger partial charge on any atom is 0.513 e. The fourth-order valence-electron chi connectivity index (χ4n) is 1.90. The SMILES string of the molecule is CCCOc1ccc(C(=O)c2ccc(OC(=O)OC)cc2)cc1. The van der Waals surface area contributed by atoms with Crippen LogP contribution in [0, 0.1) is 0 Å². The van der Waals surface area contributed by atoms with Crippen molar-refractivity contribution in [1.29, 1.82) is 0 Å². The summed E-state index contributed by atoms with van der Waals surface area (Å²) >= 11 is 0. The molecule has 2 rings (SSSR count). The Bertz CT molecular complexity index is 659. The maximum atomic E-state index is 12.4. The van der Waals surface area contributed by atoms with Crippen LogP contribution < -0.4 is 9.47 Å². The molecule has 0 aliphatic rings.